The third kappa shape index (κ3) is 3.96. The molecule has 0 aliphatic carbocycles. The number of benzene rings is 1. The first-order valence-electron chi connectivity index (χ1n) is 6.19. The number of hydrogen-bond acceptors (Lipinski definition) is 4. The third-order valence-corrected chi connectivity index (χ3v) is 3.95. The van der Waals surface area contributed by atoms with Gasteiger partial charge in [-0.25, -0.2) is 4.39 Å². The van der Waals surface area contributed by atoms with Crippen LogP contribution in [0.1, 0.15) is 18.4 Å². The number of rotatable bonds is 6. The summed E-state index contributed by atoms with van der Waals surface area (Å²) in [6.07, 6.45) is 1.94. The molecule has 0 saturated heterocycles. The molecule has 0 aliphatic rings. The van der Waals surface area contributed by atoms with Gasteiger partial charge in [0.05, 0.1) is 5.02 Å². The van der Waals surface area contributed by atoms with Crippen molar-refractivity contribution in [2.75, 3.05) is 13.1 Å². The molecule has 0 radical (unpaired) electrons. The zero-order valence-electron chi connectivity index (χ0n) is 10.6. The topological polar surface area (TPSA) is 37.8 Å². The van der Waals surface area contributed by atoms with Crippen molar-refractivity contribution in [3.05, 3.63) is 34.0 Å². The van der Waals surface area contributed by atoms with Gasteiger partial charge in [-0.1, -0.05) is 29.9 Å². The number of aryl methyl sites for hydroxylation is 1. The maximum absolute atomic E-state index is 13.1. The fourth-order valence-corrected chi connectivity index (χ4v) is 2.70. The van der Waals surface area contributed by atoms with Crippen LogP contribution in [0.25, 0.3) is 10.6 Å². The second-order valence-electron chi connectivity index (χ2n) is 4.09. The van der Waals surface area contributed by atoms with E-state index in [0.717, 1.165) is 41.5 Å². The van der Waals surface area contributed by atoms with Crippen molar-refractivity contribution in [3.8, 4) is 10.6 Å². The second kappa shape index (κ2) is 6.93. The number of hydrogen-bond donors (Lipinski definition) is 1. The molecule has 2 aromatic rings. The van der Waals surface area contributed by atoms with Gasteiger partial charge in [0.2, 0.25) is 0 Å². The first kappa shape index (κ1) is 14.4. The smallest absolute Gasteiger partial charge is 0.147 e. The van der Waals surface area contributed by atoms with Gasteiger partial charge in [0, 0.05) is 12.0 Å². The summed E-state index contributed by atoms with van der Waals surface area (Å²) in [7, 11) is 0. The van der Waals surface area contributed by atoms with Crippen LogP contribution in [-0.2, 0) is 6.42 Å². The van der Waals surface area contributed by atoms with Crippen LogP contribution in [0.4, 0.5) is 4.39 Å². The second-order valence-corrected chi connectivity index (χ2v) is 5.56. The summed E-state index contributed by atoms with van der Waals surface area (Å²) in [6, 6.07) is 4.61. The van der Waals surface area contributed by atoms with Gasteiger partial charge in [-0.15, -0.1) is 10.2 Å². The first-order chi connectivity index (χ1) is 9.20. The lowest BCUT2D eigenvalue weighted by molar-refractivity contribution is 0.628. The van der Waals surface area contributed by atoms with E-state index in [1.165, 1.54) is 17.4 Å². The highest BCUT2D eigenvalue weighted by molar-refractivity contribution is 7.14. The lowest BCUT2D eigenvalue weighted by Gasteiger charge is -1.98. The highest BCUT2D eigenvalue weighted by Gasteiger charge is 2.08. The highest BCUT2D eigenvalue weighted by Crippen LogP contribution is 2.27. The molecule has 1 N–H and O–H groups in total. The molecule has 0 aliphatic heterocycles. The van der Waals surface area contributed by atoms with Crippen LogP contribution in [0.3, 0.4) is 0 Å². The molecule has 0 atom stereocenters. The van der Waals surface area contributed by atoms with Gasteiger partial charge in [0.1, 0.15) is 15.8 Å². The van der Waals surface area contributed by atoms with E-state index < -0.39 is 5.82 Å². The summed E-state index contributed by atoms with van der Waals surface area (Å²) >= 11 is 7.29. The van der Waals surface area contributed by atoms with E-state index in [4.69, 9.17) is 11.6 Å². The summed E-state index contributed by atoms with van der Waals surface area (Å²) in [4.78, 5) is 0. The van der Waals surface area contributed by atoms with Crippen LogP contribution < -0.4 is 5.32 Å². The average molecular weight is 300 g/mol. The number of nitrogens with zero attached hydrogens (tertiary/aromatic N) is 2. The predicted octanol–water partition coefficient (Wildman–Crippen LogP) is 3.54. The van der Waals surface area contributed by atoms with Crippen LogP contribution in [0.5, 0.6) is 0 Å². The summed E-state index contributed by atoms with van der Waals surface area (Å²) < 4.78 is 13.1. The van der Waals surface area contributed by atoms with Crippen LogP contribution in [-0.4, -0.2) is 23.3 Å². The highest BCUT2D eigenvalue weighted by atomic mass is 35.5. The van der Waals surface area contributed by atoms with Crippen molar-refractivity contribution < 1.29 is 4.39 Å². The van der Waals surface area contributed by atoms with Gasteiger partial charge in [-0.3, -0.25) is 0 Å². The minimum Gasteiger partial charge on any atom is -0.317 e. The summed E-state index contributed by atoms with van der Waals surface area (Å²) in [6.45, 7) is 4.05. The Bertz CT molecular complexity index is 544. The Kier molecular flexibility index (Phi) is 5.24. The fraction of sp³-hybridized carbons (Fsp3) is 0.385. The van der Waals surface area contributed by atoms with Crippen LogP contribution in [0, 0.1) is 5.82 Å². The van der Waals surface area contributed by atoms with Crippen molar-refractivity contribution in [3.63, 3.8) is 0 Å². The Labute approximate surface area is 120 Å². The Hall–Kier alpha value is -1.04. The molecule has 6 heteroatoms. The monoisotopic (exact) mass is 299 g/mol. The molecule has 1 aromatic carbocycles. The van der Waals surface area contributed by atoms with E-state index in [0.29, 0.717) is 0 Å². The number of halogens is 2. The van der Waals surface area contributed by atoms with E-state index in [2.05, 4.69) is 22.4 Å². The molecular weight excluding hydrogens is 285 g/mol. The molecule has 0 saturated carbocycles. The van der Waals surface area contributed by atoms with Gasteiger partial charge in [-0.05, 0) is 37.7 Å². The third-order valence-electron chi connectivity index (χ3n) is 2.63. The predicted molar refractivity (Wildman–Crippen MR) is 77.2 cm³/mol. The van der Waals surface area contributed by atoms with Gasteiger partial charge < -0.3 is 5.32 Å². The standard InChI is InChI=1S/C13H15ClFN3S/c1-2-16-7-3-4-12-17-18-13(19-12)9-5-6-11(15)10(14)8-9/h5-6,8,16H,2-4,7H2,1H3. The van der Waals surface area contributed by atoms with Crippen molar-refractivity contribution in [1.29, 1.82) is 0 Å². The molecule has 102 valence electrons. The largest absolute Gasteiger partial charge is 0.317 e. The van der Waals surface area contributed by atoms with E-state index in [1.807, 2.05) is 0 Å². The number of aromatic nitrogens is 2. The van der Waals surface area contributed by atoms with Gasteiger partial charge in [-0.2, -0.15) is 0 Å². The fourth-order valence-electron chi connectivity index (χ4n) is 1.64. The minimum atomic E-state index is -0.416. The molecule has 0 fully saturated rings. The molecule has 0 bridgehead atoms. The summed E-state index contributed by atoms with van der Waals surface area (Å²) in [5.74, 6) is -0.416. The molecule has 0 spiro atoms. The maximum atomic E-state index is 13.1. The molecule has 0 unspecified atom stereocenters. The van der Waals surface area contributed by atoms with E-state index in [-0.39, 0.29) is 5.02 Å². The van der Waals surface area contributed by atoms with Crippen molar-refractivity contribution >= 4 is 22.9 Å². The Morgan fingerprint density at radius 2 is 2.21 bits per heavy atom. The molecular formula is C13H15ClFN3S. The lowest BCUT2D eigenvalue weighted by atomic mass is 10.2. The molecule has 1 heterocycles. The molecule has 1 aromatic heterocycles. The van der Waals surface area contributed by atoms with E-state index >= 15 is 0 Å². The normalized spacial score (nSPS) is 10.9. The Morgan fingerprint density at radius 3 is 2.95 bits per heavy atom. The van der Waals surface area contributed by atoms with Gasteiger partial charge in [0.25, 0.3) is 0 Å². The summed E-state index contributed by atoms with van der Waals surface area (Å²) in [5, 5.41) is 13.4. The maximum Gasteiger partial charge on any atom is 0.147 e. The first-order valence-corrected chi connectivity index (χ1v) is 7.38. The lowest BCUT2D eigenvalue weighted by Crippen LogP contribution is -2.14. The Balaban J connectivity index is 2.01. The minimum absolute atomic E-state index is 0.112. The quantitative estimate of drug-likeness (QED) is 0.829. The average Bonchev–Trinajstić information content (AvgIpc) is 2.87. The van der Waals surface area contributed by atoms with Gasteiger partial charge in [0.15, 0.2) is 0 Å². The molecule has 2 rings (SSSR count). The van der Waals surface area contributed by atoms with Crippen LogP contribution >= 0.6 is 22.9 Å². The molecule has 19 heavy (non-hydrogen) atoms. The van der Waals surface area contributed by atoms with Crippen LogP contribution in [0.2, 0.25) is 5.02 Å². The zero-order chi connectivity index (χ0) is 13.7. The molecule has 0 amide bonds. The molecule has 3 nitrogen and oxygen atoms in total. The van der Waals surface area contributed by atoms with Gasteiger partial charge >= 0.3 is 0 Å². The zero-order valence-corrected chi connectivity index (χ0v) is 12.2. The Morgan fingerprint density at radius 1 is 1.37 bits per heavy atom. The van der Waals surface area contributed by atoms with E-state index in [1.54, 1.807) is 12.1 Å². The number of nitrogens with one attached hydrogen (secondary N) is 1. The van der Waals surface area contributed by atoms with Crippen molar-refractivity contribution in [2.45, 2.75) is 19.8 Å². The van der Waals surface area contributed by atoms with Crippen molar-refractivity contribution in [1.82, 2.24) is 15.5 Å². The summed E-state index contributed by atoms with van der Waals surface area (Å²) in [5.41, 5.74) is 0.807. The van der Waals surface area contributed by atoms with Crippen molar-refractivity contribution in [2.24, 2.45) is 0 Å². The van der Waals surface area contributed by atoms with E-state index in [9.17, 15) is 4.39 Å². The van der Waals surface area contributed by atoms with Crippen LogP contribution in [0.15, 0.2) is 18.2 Å². The SMILES string of the molecule is CCNCCCc1nnc(-c2ccc(F)c(Cl)c2)s1.